The van der Waals surface area contributed by atoms with E-state index in [1.807, 2.05) is 55.4 Å². The van der Waals surface area contributed by atoms with Crippen LogP contribution in [-0.4, -0.2) is 97.6 Å². The van der Waals surface area contributed by atoms with Crippen LogP contribution in [0.15, 0.2) is 60.7 Å². The molecule has 0 saturated carbocycles. The Balaban J connectivity index is 1.26. The summed E-state index contributed by atoms with van der Waals surface area (Å²) in [5.41, 5.74) is 1.48. The molecule has 0 aliphatic carbocycles. The van der Waals surface area contributed by atoms with E-state index in [2.05, 4.69) is 44.7 Å². The summed E-state index contributed by atoms with van der Waals surface area (Å²) < 4.78 is 5.26. The van der Waals surface area contributed by atoms with Crippen molar-refractivity contribution in [1.29, 1.82) is 0 Å². The van der Waals surface area contributed by atoms with Crippen LogP contribution in [0.25, 0.3) is 0 Å². The predicted octanol–water partition coefficient (Wildman–Crippen LogP) is 3.44. The van der Waals surface area contributed by atoms with Gasteiger partial charge in [0.25, 0.3) is 0 Å². The molecule has 2 aromatic rings. The molecule has 2 N–H and O–H groups in total. The van der Waals surface area contributed by atoms with Crippen molar-refractivity contribution >= 4 is 17.9 Å². The zero-order valence-electron chi connectivity index (χ0n) is 25.2. The topological polar surface area (TPSA) is 94.2 Å². The van der Waals surface area contributed by atoms with E-state index in [1.54, 1.807) is 0 Å². The minimum atomic E-state index is -0.771. The number of piperidine rings is 1. The number of unbranched alkanes of at least 4 members (excludes halogenated alkanes) is 1. The molecule has 0 aromatic heterocycles. The molecule has 1 atom stereocenters. The van der Waals surface area contributed by atoms with Crippen LogP contribution in [0.4, 0.5) is 4.79 Å². The Kier molecular flexibility index (Phi) is 11.8. The van der Waals surface area contributed by atoms with Crippen LogP contribution in [0.5, 0.6) is 0 Å². The van der Waals surface area contributed by atoms with Crippen molar-refractivity contribution < 1.29 is 19.1 Å². The minimum Gasteiger partial charge on any atom is -0.445 e. The van der Waals surface area contributed by atoms with E-state index in [0.717, 1.165) is 44.6 Å². The molecule has 3 amide bonds. The number of benzene rings is 2. The lowest BCUT2D eigenvalue weighted by Gasteiger charge is -2.52. The second-order valence-corrected chi connectivity index (χ2v) is 11.8. The molecule has 2 aliphatic rings. The third-order valence-corrected chi connectivity index (χ3v) is 8.44. The predicted molar refractivity (Wildman–Crippen MR) is 164 cm³/mol. The maximum absolute atomic E-state index is 13.8. The quantitative estimate of drug-likeness (QED) is 0.334. The monoisotopic (exact) mass is 577 g/mol. The van der Waals surface area contributed by atoms with Crippen molar-refractivity contribution in [2.45, 2.75) is 63.1 Å². The van der Waals surface area contributed by atoms with Gasteiger partial charge in [0.05, 0.1) is 0 Å². The molecule has 2 fully saturated rings. The first-order chi connectivity index (χ1) is 20.4. The largest absolute Gasteiger partial charge is 0.445 e. The van der Waals surface area contributed by atoms with E-state index in [1.165, 1.54) is 5.56 Å². The fourth-order valence-electron chi connectivity index (χ4n) is 5.95. The average molecular weight is 578 g/mol. The van der Waals surface area contributed by atoms with Gasteiger partial charge in [0.2, 0.25) is 11.8 Å². The van der Waals surface area contributed by atoms with Gasteiger partial charge in [-0.3, -0.25) is 9.59 Å². The molecule has 9 heteroatoms. The number of carbonyl (C=O) groups is 3. The molecule has 2 aliphatic heterocycles. The summed E-state index contributed by atoms with van der Waals surface area (Å²) in [7, 11) is 4.06. The number of nitrogens with zero attached hydrogens (tertiary/aromatic N) is 3. The van der Waals surface area contributed by atoms with E-state index >= 15 is 0 Å². The Bertz CT molecular complexity index is 1140. The lowest BCUT2D eigenvalue weighted by atomic mass is 9.81. The SMILES string of the molecule is CN(C)CCCN1C(=O)[C@H](CCCCNC(=O)OCc2ccccc2)NC(=O)C12CCN(CCc1ccccc1)CC2. The Morgan fingerprint density at radius 3 is 2.29 bits per heavy atom. The van der Waals surface area contributed by atoms with E-state index in [-0.39, 0.29) is 18.4 Å². The Labute approximate surface area is 250 Å². The Morgan fingerprint density at radius 1 is 0.952 bits per heavy atom. The summed E-state index contributed by atoms with van der Waals surface area (Å²) in [5, 5.41) is 5.87. The van der Waals surface area contributed by atoms with E-state index in [9.17, 15) is 14.4 Å². The molecule has 0 unspecified atom stereocenters. The van der Waals surface area contributed by atoms with Gasteiger partial charge in [-0.05, 0) is 76.7 Å². The molecule has 2 aromatic carbocycles. The maximum atomic E-state index is 13.8. The van der Waals surface area contributed by atoms with Gasteiger partial charge in [-0.2, -0.15) is 0 Å². The van der Waals surface area contributed by atoms with Crippen LogP contribution < -0.4 is 10.6 Å². The van der Waals surface area contributed by atoms with Gasteiger partial charge >= 0.3 is 6.09 Å². The molecule has 2 heterocycles. The molecule has 0 radical (unpaired) electrons. The van der Waals surface area contributed by atoms with Crippen LogP contribution >= 0.6 is 0 Å². The fraction of sp³-hybridized carbons (Fsp3) is 0.545. The lowest BCUT2D eigenvalue weighted by Crippen LogP contribution is -2.73. The van der Waals surface area contributed by atoms with Gasteiger partial charge in [-0.25, -0.2) is 4.79 Å². The Morgan fingerprint density at radius 2 is 1.62 bits per heavy atom. The zero-order valence-corrected chi connectivity index (χ0v) is 25.2. The molecule has 9 nitrogen and oxygen atoms in total. The van der Waals surface area contributed by atoms with Crippen molar-refractivity contribution in [2.75, 3.05) is 53.4 Å². The third kappa shape index (κ3) is 8.79. The van der Waals surface area contributed by atoms with Crippen molar-refractivity contribution in [3.05, 3.63) is 71.8 Å². The normalized spacial score (nSPS) is 18.7. The van der Waals surface area contributed by atoms with Gasteiger partial charge in [0, 0.05) is 32.7 Å². The highest BCUT2D eigenvalue weighted by atomic mass is 16.5. The van der Waals surface area contributed by atoms with E-state index < -0.39 is 17.7 Å². The summed E-state index contributed by atoms with van der Waals surface area (Å²) >= 11 is 0. The van der Waals surface area contributed by atoms with Gasteiger partial charge in [-0.1, -0.05) is 60.7 Å². The number of hydrogen-bond donors (Lipinski definition) is 2. The van der Waals surface area contributed by atoms with Gasteiger partial charge in [0.15, 0.2) is 0 Å². The van der Waals surface area contributed by atoms with Crippen LogP contribution in [0, 0.1) is 0 Å². The van der Waals surface area contributed by atoms with Crippen molar-refractivity contribution in [1.82, 2.24) is 25.3 Å². The molecular formula is C33H47N5O4. The summed E-state index contributed by atoms with van der Waals surface area (Å²) in [4.78, 5) is 45.9. The highest BCUT2D eigenvalue weighted by molar-refractivity contribution is 6.00. The number of alkyl carbamates (subject to hydrolysis) is 1. The number of amides is 3. The first kappa shape index (κ1) is 31.5. The second-order valence-electron chi connectivity index (χ2n) is 11.8. The number of carbonyl (C=O) groups excluding carboxylic acids is 3. The number of rotatable bonds is 14. The molecule has 0 bridgehead atoms. The summed E-state index contributed by atoms with van der Waals surface area (Å²) in [6.07, 6.45) is 4.62. The second kappa shape index (κ2) is 15.7. The first-order valence-electron chi connectivity index (χ1n) is 15.4. The fourth-order valence-corrected chi connectivity index (χ4v) is 5.95. The molecule has 2 saturated heterocycles. The smallest absolute Gasteiger partial charge is 0.407 e. The minimum absolute atomic E-state index is 0.0118. The number of likely N-dealkylation sites (tertiary alicyclic amines) is 1. The van der Waals surface area contributed by atoms with Crippen molar-refractivity contribution in [3.63, 3.8) is 0 Å². The number of hydrogen-bond acceptors (Lipinski definition) is 6. The summed E-state index contributed by atoms with van der Waals surface area (Å²) in [5.74, 6) is 0.0172. The zero-order chi connectivity index (χ0) is 29.8. The molecule has 1 spiro atoms. The van der Waals surface area contributed by atoms with E-state index in [0.29, 0.717) is 45.2 Å². The molecule has 42 heavy (non-hydrogen) atoms. The maximum Gasteiger partial charge on any atom is 0.407 e. The standard InChI is InChI=1S/C33H47N5O4/c1-36(2)21-11-22-38-30(39)29(16-9-10-20-34-32(41)42-26-28-14-7-4-8-15-28)35-31(40)33(38)18-24-37(25-19-33)23-17-27-12-5-3-6-13-27/h3-8,12-15,29H,9-11,16-26H2,1-2H3,(H,34,41)(H,35,40)/t29-/m0/s1. The first-order valence-corrected chi connectivity index (χ1v) is 15.4. The van der Waals surface area contributed by atoms with Gasteiger partial charge in [-0.15, -0.1) is 0 Å². The van der Waals surface area contributed by atoms with Crippen LogP contribution in [0.2, 0.25) is 0 Å². The summed E-state index contributed by atoms with van der Waals surface area (Å²) in [6.45, 7) is 4.68. The highest BCUT2D eigenvalue weighted by Gasteiger charge is 2.53. The molecular weight excluding hydrogens is 530 g/mol. The Hall–Kier alpha value is -3.43. The van der Waals surface area contributed by atoms with E-state index in [4.69, 9.17) is 4.74 Å². The average Bonchev–Trinajstić information content (AvgIpc) is 3.00. The van der Waals surface area contributed by atoms with Crippen molar-refractivity contribution in [2.24, 2.45) is 0 Å². The molecule has 228 valence electrons. The van der Waals surface area contributed by atoms with Gasteiger partial charge < -0.3 is 30.1 Å². The third-order valence-electron chi connectivity index (χ3n) is 8.44. The summed E-state index contributed by atoms with van der Waals surface area (Å²) in [6, 6.07) is 19.5. The molecule has 4 rings (SSSR count). The highest BCUT2D eigenvalue weighted by Crippen LogP contribution is 2.34. The van der Waals surface area contributed by atoms with Crippen LogP contribution in [0.1, 0.15) is 49.7 Å². The van der Waals surface area contributed by atoms with Gasteiger partial charge in [0.1, 0.15) is 18.2 Å². The van der Waals surface area contributed by atoms with Crippen LogP contribution in [0.3, 0.4) is 0 Å². The number of nitrogens with one attached hydrogen (secondary N) is 2. The van der Waals surface area contributed by atoms with Crippen molar-refractivity contribution in [3.8, 4) is 0 Å². The number of ether oxygens (including phenoxy) is 1. The number of piperazine rings is 1. The lowest BCUT2D eigenvalue weighted by molar-refractivity contribution is -0.161. The van der Waals surface area contributed by atoms with Crippen LogP contribution in [-0.2, 0) is 27.4 Å².